The van der Waals surface area contributed by atoms with E-state index in [0.29, 0.717) is 5.88 Å². The van der Waals surface area contributed by atoms with Crippen LogP contribution in [0.15, 0.2) is 46.9 Å². The van der Waals surface area contributed by atoms with E-state index in [0.717, 1.165) is 93.7 Å². The minimum atomic E-state index is -0.598. The molecule has 3 aromatic rings. The number of furan rings is 1. The van der Waals surface area contributed by atoms with Gasteiger partial charge in [-0.15, -0.1) is 0 Å². The molecule has 0 bridgehead atoms. The molecule has 0 spiro atoms. The van der Waals surface area contributed by atoms with Crippen molar-refractivity contribution in [3.8, 4) is 5.75 Å². The predicted octanol–water partition coefficient (Wildman–Crippen LogP) is 4.39. The number of para-hydroxylation sites is 1. The third-order valence-electron chi connectivity index (χ3n) is 6.72. The maximum Gasteiger partial charge on any atom is 0.318 e. The smallest absolute Gasteiger partial charge is 0.318 e. The summed E-state index contributed by atoms with van der Waals surface area (Å²) in [7, 11) is 0. The minimum Gasteiger partial charge on any atom is -0.493 e. The molecule has 5 rings (SSSR count). The number of ether oxygens (including phenoxy) is 1. The Bertz CT molecular complexity index is 1120. The summed E-state index contributed by atoms with van der Waals surface area (Å²) in [5, 5.41) is 3.69. The first-order valence-electron chi connectivity index (χ1n) is 12.0. The number of hydrogen-bond donors (Lipinski definition) is 2. The van der Waals surface area contributed by atoms with E-state index >= 15 is 0 Å². The molecule has 0 aliphatic carbocycles. The molecule has 0 saturated carbocycles. The number of hydrogen-bond acceptors (Lipinski definition) is 5. The number of anilines is 2. The number of piperazine rings is 1. The number of benzene rings is 2. The van der Waals surface area contributed by atoms with Gasteiger partial charge in [-0.25, -0.2) is 4.79 Å². The van der Waals surface area contributed by atoms with Gasteiger partial charge in [0.05, 0.1) is 6.61 Å². The molecule has 174 valence electrons. The number of nitrogens with two attached hydrogens (primary N) is 1. The van der Waals surface area contributed by atoms with Crippen LogP contribution in [-0.2, 0) is 12.8 Å². The van der Waals surface area contributed by atoms with Gasteiger partial charge in [0.1, 0.15) is 11.3 Å². The quantitative estimate of drug-likeness (QED) is 0.524. The molecule has 0 unspecified atom stereocenters. The highest BCUT2D eigenvalue weighted by molar-refractivity contribution is 5.93. The van der Waals surface area contributed by atoms with E-state index in [2.05, 4.69) is 33.3 Å². The van der Waals surface area contributed by atoms with Crippen LogP contribution in [0.2, 0.25) is 0 Å². The molecule has 2 amide bonds. The number of urea groups is 1. The lowest BCUT2D eigenvalue weighted by atomic mass is 10.0. The van der Waals surface area contributed by atoms with Crippen molar-refractivity contribution < 1.29 is 13.9 Å². The summed E-state index contributed by atoms with van der Waals surface area (Å²) in [4.78, 5) is 16.4. The number of carbonyl (C=O) groups is 1. The van der Waals surface area contributed by atoms with Gasteiger partial charge in [-0.05, 0) is 68.5 Å². The van der Waals surface area contributed by atoms with Crippen LogP contribution in [0.1, 0.15) is 30.4 Å². The van der Waals surface area contributed by atoms with Crippen molar-refractivity contribution in [3.05, 3.63) is 53.6 Å². The van der Waals surface area contributed by atoms with Gasteiger partial charge in [0.15, 0.2) is 0 Å². The molecule has 7 heteroatoms. The lowest BCUT2D eigenvalue weighted by Gasteiger charge is -2.36. The third kappa shape index (κ3) is 4.93. The number of nitrogens with one attached hydrogen (secondary N) is 1. The lowest BCUT2D eigenvalue weighted by molar-refractivity contribution is 0.253. The number of carbonyl (C=O) groups excluding carboxylic acids is 1. The van der Waals surface area contributed by atoms with Crippen LogP contribution in [0.5, 0.6) is 5.75 Å². The van der Waals surface area contributed by atoms with Crippen molar-refractivity contribution in [2.45, 2.75) is 32.1 Å². The summed E-state index contributed by atoms with van der Waals surface area (Å²) in [6.45, 7) is 6.19. The van der Waals surface area contributed by atoms with Crippen molar-refractivity contribution in [2.24, 2.45) is 5.73 Å². The highest BCUT2D eigenvalue weighted by Gasteiger charge is 2.20. The van der Waals surface area contributed by atoms with Crippen molar-refractivity contribution >= 4 is 28.6 Å². The van der Waals surface area contributed by atoms with Gasteiger partial charge in [0.2, 0.25) is 5.88 Å². The van der Waals surface area contributed by atoms with Crippen LogP contribution in [-0.4, -0.2) is 50.3 Å². The van der Waals surface area contributed by atoms with Crippen molar-refractivity contribution in [1.82, 2.24) is 4.90 Å². The van der Waals surface area contributed by atoms with E-state index < -0.39 is 6.03 Å². The molecule has 1 saturated heterocycles. The zero-order chi connectivity index (χ0) is 22.6. The summed E-state index contributed by atoms with van der Waals surface area (Å²) in [5.41, 5.74) is 9.80. The van der Waals surface area contributed by atoms with Gasteiger partial charge in [-0.2, -0.15) is 0 Å². The van der Waals surface area contributed by atoms with Crippen molar-refractivity contribution in [1.29, 1.82) is 0 Å². The maximum atomic E-state index is 11.4. The van der Waals surface area contributed by atoms with Gasteiger partial charge in [-0.3, -0.25) is 10.2 Å². The first-order chi connectivity index (χ1) is 16.2. The Labute approximate surface area is 194 Å². The molecular weight excluding hydrogens is 416 g/mol. The molecule has 2 aliphatic rings. The Balaban J connectivity index is 1.11. The number of nitrogens with zero attached hydrogens (tertiary/aromatic N) is 2. The second-order valence-corrected chi connectivity index (χ2v) is 8.92. The van der Waals surface area contributed by atoms with E-state index in [9.17, 15) is 4.79 Å². The van der Waals surface area contributed by atoms with E-state index in [-0.39, 0.29) is 0 Å². The molecule has 3 heterocycles. The Morgan fingerprint density at radius 1 is 1.06 bits per heavy atom. The Morgan fingerprint density at radius 2 is 1.91 bits per heavy atom. The number of fused-ring (bicyclic) bond motifs is 2. The zero-order valence-corrected chi connectivity index (χ0v) is 19.0. The van der Waals surface area contributed by atoms with Crippen LogP contribution >= 0.6 is 0 Å². The largest absolute Gasteiger partial charge is 0.493 e. The zero-order valence-electron chi connectivity index (χ0n) is 19.0. The molecule has 33 heavy (non-hydrogen) atoms. The first-order valence-corrected chi connectivity index (χ1v) is 12.0. The van der Waals surface area contributed by atoms with E-state index in [1.807, 2.05) is 24.3 Å². The fraction of sp³-hybridized carbons (Fsp3) is 0.423. The predicted molar refractivity (Wildman–Crippen MR) is 131 cm³/mol. The summed E-state index contributed by atoms with van der Waals surface area (Å²) < 4.78 is 11.6. The Morgan fingerprint density at radius 3 is 2.76 bits per heavy atom. The highest BCUT2D eigenvalue weighted by atomic mass is 16.5. The fourth-order valence-electron chi connectivity index (χ4n) is 4.97. The number of unbranched alkanes of at least 4 members (excludes halogenated alkanes) is 1. The van der Waals surface area contributed by atoms with Crippen LogP contribution < -0.4 is 20.7 Å². The normalized spacial score (nSPS) is 16.4. The summed E-state index contributed by atoms with van der Waals surface area (Å²) in [6, 6.07) is 13.9. The number of aryl methyl sites for hydroxylation is 2. The summed E-state index contributed by atoms with van der Waals surface area (Å²) >= 11 is 0. The number of primary amides is 1. The van der Waals surface area contributed by atoms with Crippen LogP contribution in [0.25, 0.3) is 11.0 Å². The molecule has 7 nitrogen and oxygen atoms in total. The van der Waals surface area contributed by atoms with Crippen molar-refractivity contribution in [2.75, 3.05) is 49.5 Å². The molecule has 3 N–H and O–H groups in total. The van der Waals surface area contributed by atoms with Crippen molar-refractivity contribution in [3.63, 3.8) is 0 Å². The monoisotopic (exact) mass is 448 g/mol. The minimum absolute atomic E-state index is 0.479. The van der Waals surface area contributed by atoms with Gasteiger partial charge in [0, 0.05) is 42.8 Å². The second kappa shape index (κ2) is 9.75. The first kappa shape index (κ1) is 21.6. The molecule has 0 radical (unpaired) electrons. The van der Waals surface area contributed by atoms with Crippen LogP contribution in [0, 0.1) is 0 Å². The molecular formula is C26H32N4O3. The van der Waals surface area contributed by atoms with Crippen LogP contribution in [0.4, 0.5) is 16.4 Å². The van der Waals surface area contributed by atoms with Gasteiger partial charge in [-0.1, -0.05) is 18.2 Å². The Hall–Kier alpha value is -3.19. The molecule has 0 atom stereocenters. The van der Waals surface area contributed by atoms with Crippen LogP contribution in [0.3, 0.4) is 0 Å². The molecule has 2 aliphatic heterocycles. The highest BCUT2D eigenvalue weighted by Crippen LogP contribution is 2.32. The third-order valence-corrected chi connectivity index (χ3v) is 6.72. The Kier molecular flexibility index (Phi) is 6.39. The second-order valence-electron chi connectivity index (χ2n) is 8.92. The average molecular weight is 449 g/mol. The average Bonchev–Trinajstić information content (AvgIpc) is 3.18. The number of rotatable bonds is 7. The van der Waals surface area contributed by atoms with E-state index in [1.54, 1.807) is 0 Å². The van der Waals surface area contributed by atoms with Gasteiger partial charge >= 0.3 is 6.03 Å². The van der Waals surface area contributed by atoms with E-state index in [1.165, 1.54) is 11.3 Å². The summed E-state index contributed by atoms with van der Waals surface area (Å²) in [6.07, 6.45) is 5.21. The van der Waals surface area contributed by atoms with Gasteiger partial charge < -0.3 is 19.8 Å². The maximum absolute atomic E-state index is 11.4. The molecule has 2 aromatic carbocycles. The molecule has 1 fully saturated rings. The SMILES string of the molecule is NC(=O)Nc1oc2ccccc2c1CCCCN1CCN(c2ccc3c(c2)CCCO3)CC1. The molecule has 1 aromatic heterocycles. The number of amides is 2. The fourth-order valence-corrected chi connectivity index (χ4v) is 4.97. The standard InChI is InChI=1S/C26H32N4O3/c27-26(31)28-25-22(21-7-1-2-9-24(21)33-25)8-3-4-12-29-13-15-30(16-14-29)20-10-11-23-19(18-20)6-5-17-32-23/h1-2,7,9-11,18H,3-6,8,12-17H2,(H3,27,28,31). The lowest BCUT2D eigenvalue weighted by Crippen LogP contribution is -2.46. The van der Waals surface area contributed by atoms with E-state index in [4.69, 9.17) is 14.9 Å². The summed E-state index contributed by atoms with van der Waals surface area (Å²) in [5.74, 6) is 1.54. The van der Waals surface area contributed by atoms with Gasteiger partial charge in [0.25, 0.3) is 0 Å². The topological polar surface area (TPSA) is 84.0 Å².